The van der Waals surface area contributed by atoms with Crippen LogP contribution in [-0.4, -0.2) is 4.90 Å². The fourth-order valence-corrected chi connectivity index (χ4v) is 1.61. The molecule has 0 atom stereocenters. The van der Waals surface area contributed by atoms with Crippen LogP contribution in [0.2, 0.25) is 0 Å². The molecule has 0 saturated heterocycles. The molecule has 2 nitrogen and oxygen atoms in total. The van der Waals surface area contributed by atoms with E-state index in [0.717, 1.165) is 23.3 Å². The molecule has 0 aliphatic carbocycles. The topological polar surface area (TPSA) is 29.3 Å². The van der Waals surface area contributed by atoms with Crippen LogP contribution in [0.5, 0.6) is 0 Å². The van der Waals surface area contributed by atoms with Gasteiger partial charge in [0.1, 0.15) is 0 Å². The smallest absolute Gasteiger partial charge is 0.0383 e. The van der Waals surface area contributed by atoms with E-state index in [2.05, 4.69) is 39.8 Å². The van der Waals surface area contributed by atoms with Crippen molar-refractivity contribution in [3.63, 3.8) is 0 Å². The first-order valence-electron chi connectivity index (χ1n) is 6.10. The maximum absolute atomic E-state index is 5.60. The van der Waals surface area contributed by atoms with E-state index in [1.807, 2.05) is 23.3 Å². The molecule has 1 heterocycles. The number of allylic oxidation sites excluding steroid dienone is 5. The Hall–Kier alpha value is -1.96. The highest BCUT2D eigenvalue weighted by Gasteiger charge is 2.09. The predicted molar refractivity (Wildman–Crippen MR) is 79.3 cm³/mol. The first-order chi connectivity index (χ1) is 8.43. The zero-order valence-corrected chi connectivity index (χ0v) is 11.4. The molecule has 0 saturated carbocycles. The van der Waals surface area contributed by atoms with Crippen molar-refractivity contribution in [1.82, 2.24) is 4.90 Å². The number of nitrogens with zero attached hydrogens (tertiary/aromatic N) is 1. The second-order valence-corrected chi connectivity index (χ2v) is 4.58. The Morgan fingerprint density at radius 3 is 2.61 bits per heavy atom. The lowest BCUT2D eigenvalue weighted by atomic mass is 10.0. The normalized spacial score (nSPS) is 15.7. The van der Waals surface area contributed by atoms with Gasteiger partial charge in [0, 0.05) is 30.2 Å². The standard InChI is InChI=1S/C16H22N2/c1-6-12(2)11-18-8-7-16(10-15(18)5)13(3)9-14(4)17/h7-8,10-11H,3-6,9,17H2,1-2H3/b12-11+. The molecular weight excluding hydrogens is 220 g/mol. The summed E-state index contributed by atoms with van der Waals surface area (Å²) in [6.45, 7) is 16.0. The second kappa shape index (κ2) is 6.10. The van der Waals surface area contributed by atoms with E-state index >= 15 is 0 Å². The van der Waals surface area contributed by atoms with Crippen LogP contribution in [0.15, 0.2) is 72.4 Å². The molecule has 2 heteroatoms. The van der Waals surface area contributed by atoms with Crippen LogP contribution in [0.1, 0.15) is 26.7 Å². The average molecular weight is 242 g/mol. The number of rotatable bonds is 5. The van der Waals surface area contributed by atoms with E-state index in [1.165, 1.54) is 5.57 Å². The molecular formula is C16H22N2. The minimum Gasteiger partial charge on any atom is -0.402 e. The van der Waals surface area contributed by atoms with Gasteiger partial charge in [-0.3, -0.25) is 0 Å². The SMILES string of the molecule is C=C(N)CC(=C)C1=CC(=C)N(/C=C(\C)CC)C=C1. The molecule has 18 heavy (non-hydrogen) atoms. The van der Waals surface area contributed by atoms with Crippen LogP contribution in [0.3, 0.4) is 0 Å². The van der Waals surface area contributed by atoms with E-state index in [-0.39, 0.29) is 0 Å². The van der Waals surface area contributed by atoms with E-state index in [4.69, 9.17) is 5.73 Å². The quantitative estimate of drug-likeness (QED) is 0.790. The summed E-state index contributed by atoms with van der Waals surface area (Å²) in [6, 6.07) is 0. The summed E-state index contributed by atoms with van der Waals surface area (Å²) in [7, 11) is 0. The molecule has 1 rings (SSSR count). The Labute approximate surface area is 110 Å². The molecule has 2 N–H and O–H groups in total. The Kier molecular flexibility index (Phi) is 4.78. The first-order valence-corrected chi connectivity index (χ1v) is 6.10. The van der Waals surface area contributed by atoms with Gasteiger partial charge in [-0.15, -0.1) is 0 Å². The van der Waals surface area contributed by atoms with Crippen molar-refractivity contribution in [2.75, 3.05) is 0 Å². The fraction of sp³-hybridized carbons (Fsp3) is 0.250. The van der Waals surface area contributed by atoms with Crippen LogP contribution in [-0.2, 0) is 0 Å². The fourth-order valence-electron chi connectivity index (χ4n) is 1.61. The summed E-state index contributed by atoms with van der Waals surface area (Å²) >= 11 is 0. The van der Waals surface area contributed by atoms with E-state index in [1.54, 1.807) is 0 Å². The summed E-state index contributed by atoms with van der Waals surface area (Å²) < 4.78 is 0. The highest BCUT2D eigenvalue weighted by molar-refractivity contribution is 5.47. The predicted octanol–water partition coefficient (Wildman–Crippen LogP) is 3.99. The van der Waals surface area contributed by atoms with E-state index in [0.29, 0.717) is 12.1 Å². The molecule has 1 aliphatic rings. The Balaban J connectivity index is 2.79. The van der Waals surface area contributed by atoms with Gasteiger partial charge in [0.2, 0.25) is 0 Å². The van der Waals surface area contributed by atoms with Gasteiger partial charge in [-0.25, -0.2) is 0 Å². The van der Waals surface area contributed by atoms with Crippen molar-refractivity contribution in [3.05, 3.63) is 72.4 Å². The van der Waals surface area contributed by atoms with Crippen LogP contribution in [0.25, 0.3) is 0 Å². The summed E-state index contributed by atoms with van der Waals surface area (Å²) in [4.78, 5) is 2.02. The largest absolute Gasteiger partial charge is 0.402 e. The average Bonchev–Trinajstić information content (AvgIpc) is 2.30. The highest BCUT2D eigenvalue weighted by atomic mass is 15.1. The Morgan fingerprint density at radius 1 is 1.44 bits per heavy atom. The highest BCUT2D eigenvalue weighted by Crippen LogP contribution is 2.24. The molecule has 0 aromatic heterocycles. The van der Waals surface area contributed by atoms with Gasteiger partial charge in [-0.2, -0.15) is 0 Å². The molecule has 1 aliphatic heterocycles. The Morgan fingerprint density at radius 2 is 2.11 bits per heavy atom. The monoisotopic (exact) mass is 242 g/mol. The summed E-state index contributed by atoms with van der Waals surface area (Å²) in [5.74, 6) is 0. The lowest BCUT2D eigenvalue weighted by Gasteiger charge is -2.22. The lowest BCUT2D eigenvalue weighted by Crippen LogP contribution is -2.12. The Bertz CT molecular complexity index is 461. The van der Waals surface area contributed by atoms with Crippen LogP contribution >= 0.6 is 0 Å². The van der Waals surface area contributed by atoms with Crippen molar-refractivity contribution in [1.29, 1.82) is 0 Å². The zero-order chi connectivity index (χ0) is 13.7. The number of hydrogen-bond donors (Lipinski definition) is 1. The number of nitrogens with two attached hydrogens (primary N) is 1. The van der Waals surface area contributed by atoms with Gasteiger partial charge in [0.15, 0.2) is 0 Å². The second-order valence-electron chi connectivity index (χ2n) is 4.58. The van der Waals surface area contributed by atoms with Gasteiger partial charge in [0.25, 0.3) is 0 Å². The van der Waals surface area contributed by atoms with E-state index < -0.39 is 0 Å². The van der Waals surface area contributed by atoms with Crippen molar-refractivity contribution in [2.45, 2.75) is 26.7 Å². The molecule has 0 radical (unpaired) electrons. The van der Waals surface area contributed by atoms with Gasteiger partial charge >= 0.3 is 0 Å². The van der Waals surface area contributed by atoms with Gasteiger partial charge < -0.3 is 10.6 Å². The van der Waals surface area contributed by atoms with Crippen molar-refractivity contribution < 1.29 is 0 Å². The van der Waals surface area contributed by atoms with Crippen molar-refractivity contribution in [3.8, 4) is 0 Å². The third-order valence-electron chi connectivity index (χ3n) is 2.83. The maximum Gasteiger partial charge on any atom is 0.0383 e. The molecule has 0 aromatic rings. The van der Waals surface area contributed by atoms with E-state index in [9.17, 15) is 0 Å². The molecule has 0 fully saturated rings. The van der Waals surface area contributed by atoms with Gasteiger partial charge in [-0.1, -0.05) is 32.2 Å². The first kappa shape index (κ1) is 14.1. The van der Waals surface area contributed by atoms with Crippen LogP contribution in [0.4, 0.5) is 0 Å². The minimum absolute atomic E-state index is 0.618. The van der Waals surface area contributed by atoms with Gasteiger partial charge in [-0.05, 0) is 36.6 Å². The molecule has 96 valence electrons. The summed E-state index contributed by atoms with van der Waals surface area (Å²) in [6.07, 6.45) is 9.79. The zero-order valence-electron chi connectivity index (χ0n) is 11.4. The van der Waals surface area contributed by atoms with Crippen molar-refractivity contribution in [2.24, 2.45) is 5.73 Å². The minimum atomic E-state index is 0.618. The molecule has 0 bridgehead atoms. The molecule has 0 unspecified atom stereocenters. The molecule has 0 aromatic carbocycles. The van der Waals surface area contributed by atoms with Crippen LogP contribution in [0, 0.1) is 0 Å². The van der Waals surface area contributed by atoms with Gasteiger partial charge in [0.05, 0.1) is 0 Å². The number of hydrogen-bond acceptors (Lipinski definition) is 2. The maximum atomic E-state index is 5.60. The molecule has 0 amide bonds. The third-order valence-corrected chi connectivity index (χ3v) is 2.83. The third kappa shape index (κ3) is 3.81. The van der Waals surface area contributed by atoms with Crippen LogP contribution < -0.4 is 5.73 Å². The van der Waals surface area contributed by atoms with Crippen molar-refractivity contribution >= 4 is 0 Å². The lowest BCUT2D eigenvalue weighted by molar-refractivity contribution is 0.635. The summed E-state index contributed by atoms with van der Waals surface area (Å²) in [5.41, 5.74) is 10.5. The summed E-state index contributed by atoms with van der Waals surface area (Å²) in [5, 5.41) is 0. The molecule has 0 spiro atoms.